The number of furan rings is 1. The van der Waals surface area contributed by atoms with Crippen LogP contribution in [-0.2, 0) is 17.4 Å². The molecule has 1 fully saturated rings. The van der Waals surface area contributed by atoms with E-state index in [4.69, 9.17) is 4.42 Å². The van der Waals surface area contributed by atoms with Gasteiger partial charge in [0.25, 0.3) is 0 Å². The molecule has 1 aromatic heterocycles. The number of benzene rings is 1. The summed E-state index contributed by atoms with van der Waals surface area (Å²) in [5.41, 5.74) is -0.532. The van der Waals surface area contributed by atoms with Crippen LogP contribution in [0.15, 0.2) is 47.1 Å². The van der Waals surface area contributed by atoms with Crippen LogP contribution in [0.3, 0.4) is 0 Å². The molecule has 2 aromatic rings. The highest BCUT2D eigenvalue weighted by atomic mass is 19.4. The Hall–Kier alpha value is -2.57. The molecule has 0 saturated carbocycles. The molecule has 1 aliphatic heterocycles. The van der Waals surface area contributed by atoms with Crippen molar-refractivity contribution in [2.75, 3.05) is 13.1 Å². The minimum atomic E-state index is -4.43. The van der Waals surface area contributed by atoms with Crippen LogP contribution in [0.1, 0.15) is 40.9 Å². The van der Waals surface area contributed by atoms with Gasteiger partial charge in [0.1, 0.15) is 5.76 Å². The quantitative estimate of drug-likeness (QED) is 0.726. The van der Waals surface area contributed by atoms with E-state index in [1.165, 1.54) is 12.1 Å². The Balaban J connectivity index is 1.59. The number of halogens is 3. The topological polar surface area (TPSA) is 50.5 Å². The smallest absolute Gasteiger partial charge is 0.416 e. The number of carbonyl (C=O) groups is 2. The summed E-state index contributed by atoms with van der Waals surface area (Å²) in [5.74, 6) is 0.0874. The van der Waals surface area contributed by atoms with E-state index in [1.807, 2.05) is 0 Å². The summed E-state index contributed by atoms with van der Waals surface area (Å²) in [5, 5.41) is 0. The van der Waals surface area contributed by atoms with Crippen LogP contribution in [-0.4, -0.2) is 29.7 Å². The van der Waals surface area contributed by atoms with Gasteiger partial charge in [-0.2, -0.15) is 13.2 Å². The summed E-state index contributed by atoms with van der Waals surface area (Å²) in [6, 6.07) is 7.83. The highest BCUT2D eigenvalue weighted by Gasteiger charge is 2.32. The third-order valence-corrected chi connectivity index (χ3v) is 4.81. The molecule has 1 saturated heterocycles. The van der Waals surface area contributed by atoms with Gasteiger partial charge >= 0.3 is 6.18 Å². The minimum Gasteiger partial charge on any atom is -0.469 e. The van der Waals surface area contributed by atoms with Crippen molar-refractivity contribution in [3.63, 3.8) is 0 Å². The standard InChI is InChI=1S/C20H20F3NO3/c21-20(22,23)16-7-5-14(6-8-16)19(26)15-3-1-11-24(13-15)18(25)10-9-17-4-2-12-27-17/h2,4-8,12,15H,1,3,9-11,13H2/t15-/m0/s1. The summed E-state index contributed by atoms with van der Waals surface area (Å²) in [6.07, 6.45) is -0.747. The molecule has 7 heteroatoms. The zero-order chi connectivity index (χ0) is 19.4. The first-order chi connectivity index (χ1) is 12.8. The van der Waals surface area contributed by atoms with Gasteiger partial charge in [-0.3, -0.25) is 9.59 Å². The van der Waals surface area contributed by atoms with Crippen molar-refractivity contribution in [3.8, 4) is 0 Å². The molecule has 2 heterocycles. The fourth-order valence-corrected chi connectivity index (χ4v) is 3.32. The molecule has 1 aliphatic rings. The highest BCUT2D eigenvalue weighted by Crippen LogP contribution is 2.30. The number of hydrogen-bond acceptors (Lipinski definition) is 3. The maximum atomic E-state index is 12.7. The van der Waals surface area contributed by atoms with E-state index in [-0.39, 0.29) is 23.2 Å². The Morgan fingerprint density at radius 3 is 2.52 bits per heavy atom. The van der Waals surface area contributed by atoms with E-state index >= 15 is 0 Å². The Morgan fingerprint density at radius 2 is 1.89 bits per heavy atom. The molecule has 0 radical (unpaired) electrons. The number of aryl methyl sites for hydroxylation is 1. The van der Waals surface area contributed by atoms with Crippen molar-refractivity contribution >= 4 is 11.7 Å². The van der Waals surface area contributed by atoms with Gasteiger partial charge in [0.05, 0.1) is 11.8 Å². The number of hydrogen-bond donors (Lipinski definition) is 0. The summed E-state index contributed by atoms with van der Waals surface area (Å²) in [6.45, 7) is 0.893. The van der Waals surface area contributed by atoms with Crippen LogP contribution in [0.4, 0.5) is 13.2 Å². The lowest BCUT2D eigenvalue weighted by molar-refractivity contribution is -0.137. The minimum absolute atomic E-state index is 0.0451. The summed E-state index contributed by atoms with van der Waals surface area (Å²) in [7, 11) is 0. The summed E-state index contributed by atoms with van der Waals surface area (Å²) < 4.78 is 43.2. The van der Waals surface area contributed by atoms with Gasteiger partial charge in [0.15, 0.2) is 5.78 Å². The third-order valence-electron chi connectivity index (χ3n) is 4.81. The normalized spacial score (nSPS) is 17.7. The van der Waals surface area contributed by atoms with Crippen LogP contribution in [0, 0.1) is 5.92 Å². The molecular weight excluding hydrogens is 359 g/mol. The van der Waals surface area contributed by atoms with Crippen molar-refractivity contribution in [2.45, 2.75) is 31.9 Å². The third kappa shape index (κ3) is 4.78. The zero-order valence-corrected chi connectivity index (χ0v) is 14.7. The van der Waals surface area contributed by atoms with Crippen molar-refractivity contribution in [1.29, 1.82) is 0 Å². The Kier molecular flexibility index (Phi) is 5.68. The fourth-order valence-electron chi connectivity index (χ4n) is 3.32. The van der Waals surface area contributed by atoms with E-state index in [2.05, 4.69) is 0 Å². The number of piperidine rings is 1. The van der Waals surface area contributed by atoms with Crippen molar-refractivity contribution in [3.05, 3.63) is 59.5 Å². The Bertz CT molecular complexity index is 782. The fraction of sp³-hybridized carbons (Fsp3) is 0.400. The SMILES string of the molecule is O=C(c1ccc(C(F)(F)F)cc1)[C@H]1CCCN(C(=O)CCc2ccco2)C1. The number of carbonyl (C=O) groups excluding carboxylic acids is 2. The van der Waals surface area contributed by atoms with E-state index in [1.54, 1.807) is 23.3 Å². The van der Waals surface area contributed by atoms with Crippen molar-refractivity contribution in [1.82, 2.24) is 4.90 Å². The van der Waals surface area contributed by atoms with Crippen LogP contribution in [0.5, 0.6) is 0 Å². The van der Waals surface area contributed by atoms with Gasteiger partial charge in [0, 0.05) is 37.4 Å². The van der Waals surface area contributed by atoms with Gasteiger partial charge in [-0.1, -0.05) is 12.1 Å². The number of amides is 1. The lowest BCUT2D eigenvalue weighted by Gasteiger charge is -2.32. The largest absolute Gasteiger partial charge is 0.469 e. The van der Waals surface area contributed by atoms with Crippen molar-refractivity contribution < 1.29 is 27.2 Å². The van der Waals surface area contributed by atoms with Crippen molar-refractivity contribution in [2.24, 2.45) is 5.92 Å². The molecule has 27 heavy (non-hydrogen) atoms. The predicted octanol–water partition coefficient (Wildman–Crippen LogP) is 4.35. The molecule has 1 aromatic carbocycles. The zero-order valence-electron chi connectivity index (χ0n) is 14.7. The van der Waals surface area contributed by atoms with Crippen LogP contribution >= 0.6 is 0 Å². The van der Waals surface area contributed by atoms with Crippen LogP contribution in [0.25, 0.3) is 0 Å². The second kappa shape index (κ2) is 7.98. The van der Waals surface area contributed by atoms with E-state index in [0.717, 1.165) is 17.9 Å². The first-order valence-corrected chi connectivity index (χ1v) is 8.86. The number of likely N-dealkylation sites (tertiary alicyclic amines) is 1. The van der Waals surface area contributed by atoms with Gasteiger partial charge < -0.3 is 9.32 Å². The van der Waals surface area contributed by atoms with E-state index in [0.29, 0.717) is 38.8 Å². The summed E-state index contributed by atoms with van der Waals surface area (Å²) >= 11 is 0. The molecule has 3 rings (SSSR count). The van der Waals surface area contributed by atoms with Gasteiger partial charge in [-0.05, 0) is 37.1 Å². The summed E-state index contributed by atoms with van der Waals surface area (Å²) in [4.78, 5) is 26.7. The molecule has 144 valence electrons. The molecule has 4 nitrogen and oxygen atoms in total. The maximum absolute atomic E-state index is 12.7. The average molecular weight is 379 g/mol. The van der Waals surface area contributed by atoms with Gasteiger partial charge in [0.2, 0.25) is 5.91 Å². The molecule has 1 amide bonds. The number of rotatable bonds is 5. The second-order valence-electron chi connectivity index (χ2n) is 6.70. The van der Waals surface area contributed by atoms with E-state index in [9.17, 15) is 22.8 Å². The number of Topliss-reactive ketones (excluding diaryl/α,β-unsaturated/α-hetero) is 1. The molecule has 0 aliphatic carbocycles. The molecule has 0 spiro atoms. The number of nitrogens with zero attached hydrogens (tertiary/aromatic N) is 1. The number of ketones is 1. The average Bonchev–Trinajstić information content (AvgIpc) is 3.18. The molecule has 0 unspecified atom stereocenters. The first-order valence-electron chi connectivity index (χ1n) is 8.86. The monoisotopic (exact) mass is 379 g/mol. The molecule has 0 bridgehead atoms. The molecular formula is C20H20F3NO3. The second-order valence-corrected chi connectivity index (χ2v) is 6.70. The van der Waals surface area contributed by atoms with Crippen LogP contribution < -0.4 is 0 Å². The Morgan fingerprint density at radius 1 is 1.15 bits per heavy atom. The first kappa shape index (κ1) is 19.2. The Labute approximate surface area is 155 Å². The molecule has 0 N–H and O–H groups in total. The lowest BCUT2D eigenvalue weighted by Crippen LogP contribution is -2.42. The van der Waals surface area contributed by atoms with E-state index < -0.39 is 11.7 Å². The highest BCUT2D eigenvalue weighted by molar-refractivity contribution is 5.98. The van der Waals surface area contributed by atoms with Gasteiger partial charge in [-0.25, -0.2) is 0 Å². The maximum Gasteiger partial charge on any atom is 0.416 e. The van der Waals surface area contributed by atoms with Gasteiger partial charge in [-0.15, -0.1) is 0 Å². The molecule has 1 atom stereocenters. The predicted molar refractivity (Wildman–Crippen MR) is 92.1 cm³/mol. The van der Waals surface area contributed by atoms with Crippen LogP contribution in [0.2, 0.25) is 0 Å². The number of alkyl halides is 3. The lowest BCUT2D eigenvalue weighted by atomic mass is 9.89.